The molecule has 0 aliphatic heterocycles. The lowest BCUT2D eigenvalue weighted by atomic mass is 9.93. The Morgan fingerprint density at radius 3 is 2.54 bits per heavy atom. The van der Waals surface area contributed by atoms with Crippen LogP contribution in [0.2, 0.25) is 0 Å². The third-order valence-electron chi connectivity index (χ3n) is 4.12. The van der Waals surface area contributed by atoms with Gasteiger partial charge in [-0.05, 0) is 49.4 Å². The van der Waals surface area contributed by atoms with Crippen molar-refractivity contribution in [3.8, 4) is 0 Å². The Morgan fingerprint density at radius 2 is 2.00 bits per heavy atom. The maximum atomic E-state index is 2.37. The van der Waals surface area contributed by atoms with Crippen LogP contribution >= 0.6 is 0 Å². The molecule has 0 heterocycles. The molecule has 0 bridgehead atoms. The molecule has 0 aromatic heterocycles. The van der Waals surface area contributed by atoms with Crippen LogP contribution in [0.3, 0.4) is 0 Å². The smallest absolute Gasteiger partial charge is 0.0354 e. The van der Waals surface area contributed by atoms with Crippen LogP contribution in [-0.2, 0) is 0 Å². The summed E-state index contributed by atoms with van der Waals surface area (Å²) in [6.45, 7) is 4.70. The molecular formula is C13H24. The molecule has 0 aromatic carbocycles. The summed E-state index contributed by atoms with van der Waals surface area (Å²) >= 11 is 0. The van der Waals surface area contributed by atoms with Gasteiger partial charge in [0, 0.05) is 0 Å². The van der Waals surface area contributed by atoms with E-state index in [1.807, 2.05) is 0 Å². The van der Waals surface area contributed by atoms with Crippen LogP contribution in [0.15, 0.2) is 0 Å². The second kappa shape index (κ2) is 4.02. The van der Waals surface area contributed by atoms with E-state index in [1.54, 1.807) is 25.7 Å². The van der Waals surface area contributed by atoms with Gasteiger partial charge in [0.2, 0.25) is 0 Å². The molecule has 3 atom stereocenters. The molecule has 2 fully saturated rings. The largest absolute Gasteiger partial charge is 0.0654 e. The first-order valence-corrected chi connectivity index (χ1v) is 6.35. The van der Waals surface area contributed by atoms with Crippen molar-refractivity contribution in [1.82, 2.24) is 0 Å². The summed E-state index contributed by atoms with van der Waals surface area (Å²) in [5.41, 5.74) is 0. The summed E-state index contributed by atoms with van der Waals surface area (Å²) in [6.07, 6.45) is 10.6. The molecular weight excluding hydrogens is 156 g/mol. The molecule has 0 N–H and O–H groups in total. The van der Waals surface area contributed by atoms with Crippen LogP contribution in [0.25, 0.3) is 0 Å². The Hall–Kier alpha value is 0. The van der Waals surface area contributed by atoms with Crippen LogP contribution in [0, 0.1) is 23.7 Å². The van der Waals surface area contributed by atoms with Gasteiger partial charge in [0.15, 0.2) is 0 Å². The van der Waals surface area contributed by atoms with Gasteiger partial charge < -0.3 is 0 Å². The Balaban J connectivity index is 1.65. The van der Waals surface area contributed by atoms with Gasteiger partial charge in [-0.1, -0.05) is 33.1 Å². The molecule has 2 aliphatic carbocycles. The summed E-state index contributed by atoms with van der Waals surface area (Å²) < 4.78 is 0. The maximum Gasteiger partial charge on any atom is -0.0354 e. The molecule has 0 radical (unpaired) electrons. The van der Waals surface area contributed by atoms with Crippen LogP contribution in [0.4, 0.5) is 0 Å². The van der Waals surface area contributed by atoms with Gasteiger partial charge >= 0.3 is 0 Å². The van der Waals surface area contributed by atoms with E-state index < -0.39 is 0 Å². The van der Waals surface area contributed by atoms with Crippen molar-refractivity contribution < 1.29 is 0 Å². The standard InChI is InChI=1S/C13H24/c1-3-5-10(4-2)8-12-9-13(12)11-6-7-11/h10-13H,3-9H2,1-2H3. The highest BCUT2D eigenvalue weighted by atomic mass is 14.5. The Morgan fingerprint density at radius 1 is 1.23 bits per heavy atom. The van der Waals surface area contributed by atoms with Gasteiger partial charge in [-0.25, -0.2) is 0 Å². The summed E-state index contributed by atoms with van der Waals surface area (Å²) in [5, 5.41) is 0. The molecule has 0 amide bonds. The lowest BCUT2D eigenvalue weighted by molar-refractivity contribution is 0.392. The first kappa shape index (κ1) is 9.55. The summed E-state index contributed by atoms with van der Waals surface area (Å²) in [4.78, 5) is 0. The molecule has 13 heavy (non-hydrogen) atoms. The summed E-state index contributed by atoms with van der Waals surface area (Å²) in [7, 11) is 0. The zero-order valence-electron chi connectivity index (χ0n) is 9.26. The van der Waals surface area contributed by atoms with E-state index in [4.69, 9.17) is 0 Å². The van der Waals surface area contributed by atoms with Crippen LogP contribution in [0.5, 0.6) is 0 Å². The summed E-state index contributed by atoms with van der Waals surface area (Å²) in [6, 6.07) is 0. The van der Waals surface area contributed by atoms with E-state index in [0.29, 0.717) is 0 Å². The third-order valence-corrected chi connectivity index (χ3v) is 4.12. The molecule has 2 saturated carbocycles. The quantitative estimate of drug-likeness (QED) is 0.573. The Labute approximate surface area is 83.1 Å². The van der Waals surface area contributed by atoms with Crippen molar-refractivity contribution in [2.45, 2.75) is 58.8 Å². The lowest BCUT2D eigenvalue weighted by Gasteiger charge is -2.12. The monoisotopic (exact) mass is 180 g/mol. The lowest BCUT2D eigenvalue weighted by Crippen LogP contribution is -2.00. The van der Waals surface area contributed by atoms with Crippen LogP contribution in [0.1, 0.15) is 58.8 Å². The zero-order valence-corrected chi connectivity index (χ0v) is 9.26. The van der Waals surface area contributed by atoms with E-state index in [0.717, 1.165) is 11.8 Å². The molecule has 2 rings (SSSR count). The average Bonchev–Trinajstić information content (AvgIpc) is 2.97. The van der Waals surface area contributed by atoms with Crippen molar-refractivity contribution >= 4 is 0 Å². The van der Waals surface area contributed by atoms with Gasteiger partial charge in [0.1, 0.15) is 0 Å². The molecule has 0 spiro atoms. The fourth-order valence-electron chi connectivity index (χ4n) is 2.97. The van der Waals surface area contributed by atoms with E-state index in [9.17, 15) is 0 Å². The first-order chi connectivity index (χ1) is 6.35. The minimum absolute atomic E-state index is 1.05. The van der Waals surface area contributed by atoms with E-state index in [1.165, 1.54) is 31.1 Å². The number of rotatable bonds is 6. The van der Waals surface area contributed by atoms with E-state index in [-0.39, 0.29) is 0 Å². The van der Waals surface area contributed by atoms with Crippen molar-refractivity contribution in [2.24, 2.45) is 23.7 Å². The predicted octanol–water partition coefficient (Wildman–Crippen LogP) is 4.25. The van der Waals surface area contributed by atoms with Crippen molar-refractivity contribution in [2.75, 3.05) is 0 Å². The Kier molecular flexibility index (Phi) is 2.96. The molecule has 0 saturated heterocycles. The van der Waals surface area contributed by atoms with E-state index in [2.05, 4.69) is 13.8 Å². The minimum atomic E-state index is 1.05. The van der Waals surface area contributed by atoms with Crippen LogP contribution in [-0.4, -0.2) is 0 Å². The predicted molar refractivity (Wildman–Crippen MR) is 57.6 cm³/mol. The third kappa shape index (κ3) is 2.48. The first-order valence-electron chi connectivity index (χ1n) is 6.35. The second-order valence-electron chi connectivity index (χ2n) is 5.30. The van der Waals surface area contributed by atoms with E-state index >= 15 is 0 Å². The number of hydrogen-bond acceptors (Lipinski definition) is 0. The minimum Gasteiger partial charge on any atom is -0.0654 e. The molecule has 2 aliphatic rings. The van der Waals surface area contributed by atoms with Gasteiger partial charge in [0.25, 0.3) is 0 Å². The highest BCUT2D eigenvalue weighted by Crippen LogP contribution is 2.56. The number of hydrogen-bond donors (Lipinski definition) is 0. The average molecular weight is 180 g/mol. The fourth-order valence-corrected chi connectivity index (χ4v) is 2.97. The highest BCUT2D eigenvalue weighted by Gasteiger charge is 2.47. The van der Waals surface area contributed by atoms with Crippen molar-refractivity contribution in [1.29, 1.82) is 0 Å². The SMILES string of the molecule is CCCC(CC)CC1CC1C1CC1. The normalized spacial score (nSPS) is 34.6. The topological polar surface area (TPSA) is 0 Å². The highest BCUT2D eigenvalue weighted by molar-refractivity contribution is 4.97. The molecule has 3 unspecified atom stereocenters. The van der Waals surface area contributed by atoms with Crippen molar-refractivity contribution in [3.63, 3.8) is 0 Å². The van der Waals surface area contributed by atoms with Gasteiger partial charge in [-0.3, -0.25) is 0 Å². The maximum absolute atomic E-state index is 2.37. The Bertz CT molecular complexity index is 157. The molecule has 0 nitrogen and oxygen atoms in total. The van der Waals surface area contributed by atoms with Gasteiger partial charge in [-0.2, -0.15) is 0 Å². The van der Waals surface area contributed by atoms with Gasteiger partial charge in [0.05, 0.1) is 0 Å². The van der Waals surface area contributed by atoms with Gasteiger partial charge in [-0.15, -0.1) is 0 Å². The zero-order chi connectivity index (χ0) is 9.26. The summed E-state index contributed by atoms with van der Waals surface area (Å²) in [5.74, 6) is 4.58. The molecule has 0 heteroatoms. The molecule has 76 valence electrons. The van der Waals surface area contributed by atoms with Crippen LogP contribution < -0.4 is 0 Å². The van der Waals surface area contributed by atoms with Crippen molar-refractivity contribution in [3.05, 3.63) is 0 Å². The fraction of sp³-hybridized carbons (Fsp3) is 1.00. The molecule has 0 aromatic rings. The second-order valence-corrected chi connectivity index (χ2v) is 5.30.